The molecule has 10 nitrogen and oxygen atoms in total. The number of hydrogen-bond acceptors (Lipinski definition) is 9. The minimum Gasteiger partial charge on any atom is -0.481 e. The van der Waals surface area contributed by atoms with Gasteiger partial charge in [0.15, 0.2) is 0 Å². The molecule has 0 amide bonds. The maximum absolute atomic E-state index is 11.9. The number of ketones is 1. The molecular weight excluding hydrogens is 679 g/mol. The zero-order valence-corrected chi connectivity index (χ0v) is 29.4. The Labute approximate surface area is 300 Å². The van der Waals surface area contributed by atoms with E-state index >= 15 is 0 Å². The van der Waals surface area contributed by atoms with Gasteiger partial charge in [-0.05, 0) is 18.6 Å². The van der Waals surface area contributed by atoms with Gasteiger partial charge in [-0.15, -0.1) is 0 Å². The maximum Gasteiger partial charge on any atom is 0.321 e. The molecular formula is C38H38Cl2N4O6. The van der Waals surface area contributed by atoms with Crippen LogP contribution >= 0.6 is 23.2 Å². The number of β-amino-alcohol motifs (C(OH)–C–C–N with tert-alkyl or cyclic N) is 1. The van der Waals surface area contributed by atoms with Crippen LogP contribution in [0.2, 0.25) is 10.0 Å². The Morgan fingerprint density at radius 3 is 1.90 bits per heavy atom. The number of methoxy groups -OCH3 is 2. The van der Waals surface area contributed by atoms with Crippen molar-refractivity contribution in [1.29, 1.82) is 0 Å². The Kier molecular flexibility index (Phi) is 9.58. The number of aliphatic hydroxyl groups excluding tert-OH is 1. The van der Waals surface area contributed by atoms with Gasteiger partial charge in [-0.1, -0.05) is 71.7 Å². The highest BCUT2D eigenvalue weighted by molar-refractivity contribution is 6.39. The fourth-order valence-corrected chi connectivity index (χ4v) is 8.41. The first-order chi connectivity index (χ1) is 24.1. The number of rotatable bonds is 10. The summed E-state index contributed by atoms with van der Waals surface area (Å²) in [6.07, 6.45) is 1.85. The molecule has 2 N–H and O–H groups in total. The second kappa shape index (κ2) is 13.9. The summed E-state index contributed by atoms with van der Waals surface area (Å²) in [5.41, 5.74) is 5.94. The molecule has 2 atom stereocenters. The Morgan fingerprint density at radius 2 is 1.40 bits per heavy atom. The van der Waals surface area contributed by atoms with E-state index < -0.39 is 18.1 Å². The number of nitrogens with zero attached hydrogens (tertiary/aromatic N) is 4. The zero-order valence-electron chi connectivity index (χ0n) is 27.9. The minimum atomic E-state index is -0.970. The first-order valence-electron chi connectivity index (χ1n) is 16.6. The lowest BCUT2D eigenvalue weighted by molar-refractivity contribution is -0.142. The van der Waals surface area contributed by atoms with Crippen molar-refractivity contribution in [1.82, 2.24) is 19.8 Å². The van der Waals surface area contributed by atoms with Crippen LogP contribution in [0.3, 0.4) is 0 Å². The number of carboxylic acids is 1. The molecule has 7 rings (SSSR count). The van der Waals surface area contributed by atoms with E-state index in [1.165, 1.54) is 7.11 Å². The second-order valence-corrected chi connectivity index (χ2v) is 14.4. The van der Waals surface area contributed by atoms with Gasteiger partial charge in [0.1, 0.15) is 11.8 Å². The van der Waals surface area contributed by atoms with Gasteiger partial charge < -0.3 is 19.7 Å². The van der Waals surface area contributed by atoms with Crippen LogP contribution in [0.25, 0.3) is 33.6 Å². The van der Waals surface area contributed by atoms with Gasteiger partial charge in [0.05, 0.1) is 41.8 Å². The molecule has 0 bridgehead atoms. The molecule has 50 heavy (non-hydrogen) atoms. The number of benzene rings is 2. The number of ether oxygens (including phenoxy) is 2. The van der Waals surface area contributed by atoms with E-state index in [0.717, 1.165) is 41.8 Å². The number of Topliss-reactive ketones (excluding diaryl/α,β-unsaturated/α-hetero) is 1. The van der Waals surface area contributed by atoms with E-state index in [1.54, 1.807) is 12.0 Å². The monoisotopic (exact) mass is 716 g/mol. The first kappa shape index (κ1) is 34.4. The van der Waals surface area contributed by atoms with Crippen molar-refractivity contribution >= 4 is 35.0 Å². The SMILES string of the molecule is COc1nc(-c2cccc(-c3cccc(-c4ccc(CN5C[C@@H](O)C[C@H]5C(=O)O)c(OC)n4)c3Cl)c2Cl)ccc1CN1CC2(CCC(=O)C2)C1. The molecule has 0 radical (unpaired) electrons. The van der Waals surface area contributed by atoms with Crippen molar-refractivity contribution in [3.63, 3.8) is 0 Å². The van der Waals surface area contributed by atoms with Gasteiger partial charge in [0, 0.05) is 90.8 Å². The predicted octanol–water partition coefficient (Wildman–Crippen LogP) is 6.38. The number of aliphatic hydroxyl groups is 1. The van der Waals surface area contributed by atoms with Crippen molar-refractivity contribution in [3.8, 4) is 45.4 Å². The summed E-state index contributed by atoms with van der Waals surface area (Å²) in [6, 6.07) is 18.3. The number of halogens is 2. The Bertz CT molecular complexity index is 1970. The standard InChI is InChI=1S/C38H38Cl2N4O6/c1-49-35-22(17-43-20-38(21-43)14-13-24(45)16-38)9-11-30(41-35)28-7-3-5-26(33(28)39)27-6-4-8-29(34(27)40)31-12-10-23(36(42-31)50-2)18-44-19-25(46)15-32(44)37(47)48/h3-12,25,32,46H,13-21H2,1-2H3,(H,47,48)/t25-,32-/m0/s1. The molecule has 4 heterocycles. The highest BCUT2D eigenvalue weighted by atomic mass is 35.5. The van der Waals surface area contributed by atoms with E-state index in [4.69, 9.17) is 42.6 Å². The normalized spacial score (nSPS) is 20.3. The van der Waals surface area contributed by atoms with E-state index in [9.17, 15) is 19.8 Å². The highest BCUT2D eigenvalue weighted by Gasteiger charge is 2.47. The molecule has 1 saturated carbocycles. The molecule has 4 aromatic rings. The van der Waals surface area contributed by atoms with Crippen molar-refractivity contribution in [2.45, 2.75) is 50.9 Å². The number of pyridine rings is 2. The number of hydrogen-bond donors (Lipinski definition) is 2. The highest BCUT2D eigenvalue weighted by Crippen LogP contribution is 2.45. The molecule has 1 spiro atoms. The largest absolute Gasteiger partial charge is 0.481 e. The summed E-state index contributed by atoms with van der Waals surface area (Å²) in [6.45, 7) is 3.06. The van der Waals surface area contributed by atoms with Gasteiger partial charge in [0.2, 0.25) is 11.8 Å². The van der Waals surface area contributed by atoms with Gasteiger partial charge >= 0.3 is 5.97 Å². The topological polar surface area (TPSA) is 125 Å². The van der Waals surface area contributed by atoms with Crippen molar-refractivity contribution in [2.24, 2.45) is 5.41 Å². The van der Waals surface area contributed by atoms with Crippen LogP contribution in [0.4, 0.5) is 0 Å². The molecule has 2 aromatic heterocycles. The summed E-state index contributed by atoms with van der Waals surface area (Å²) in [4.78, 5) is 37.2. The number of likely N-dealkylation sites (tertiary alicyclic amines) is 2. The number of carboxylic acid groups (broad SMARTS) is 1. The molecule has 2 aliphatic heterocycles. The third-order valence-electron chi connectivity index (χ3n) is 10.2. The molecule has 3 fully saturated rings. The van der Waals surface area contributed by atoms with Crippen LogP contribution < -0.4 is 9.47 Å². The average Bonchev–Trinajstić information content (AvgIpc) is 3.67. The fraction of sp³-hybridized carbons (Fsp3) is 0.368. The summed E-state index contributed by atoms with van der Waals surface area (Å²) in [5, 5.41) is 20.7. The molecule has 1 aliphatic carbocycles. The van der Waals surface area contributed by atoms with Crippen LogP contribution in [0, 0.1) is 5.41 Å². The number of carbonyl (C=O) groups is 2. The number of carbonyl (C=O) groups excluding carboxylic acids is 1. The van der Waals surface area contributed by atoms with Gasteiger partial charge in [-0.2, -0.15) is 0 Å². The minimum absolute atomic E-state index is 0.155. The molecule has 2 aromatic carbocycles. The fourth-order valence-electron chi connectivity index (χ4n) is 7.76. The lowest BCUT2D eigenvalue weighted by atomic mass is 9.78. The maximum atomic E-state index is 11.9. The molecule has 3 aliphatic rings. The van der Waals surface area contributed by atoms with Crippen LogP contribution in [0.1, 0.15) is 36.8 Å². The summed E-state index contributed by atoms with van der Waals surface area (Å²) < 4.78 is 11.3. The van der Waals surface area contributed by atoms with Gasteiger partial charge in [-0.25, -0.2) is 9.97 Å². The molecule has 2 saturated heterocycles. The predicted molar refractivity (Wildman–Crippen MR) is 190 cm³/mol. The van der Waals surface area contributed by atoms with Gasteiger partial charge in [0.25, 0.3) is 0 Å². The molecule has 260 valence electrons. The van der Waals surface area contributed by atoms with Crippen LogP contribution in [0.5, 0.6) is 11.8 Å². The smallest absolute Gasteiger partial charge is 0.321 e. The van der Waals surface area contributed by atoms with Crippen LogP contribution in [-0.2, 0) is 22.7 Å². The third-order valence-corrected chi connectivity index (χ3v) is 11.0. The van der Waals surface area contributed by atoms with Crippen molar-refractivity contribution in [3.05, 3.63) is 81.8 Å². The first-order valence-corrected chi connectivity index (χ1v) is 17.4. The number of aromatic nitrogens is 2. The lowest BCUT2D eigenvalue weighted by Gasteiger charge is -2.48. The molecule has 0 unspecified atom stereocenters. The van der Waals surface area contributed by atoms with E-state index in [-0.39, 0.29) is 24.9 Å². The Morgan fingerprint density at radius 1 is 0.860 bits per heavy atom. The summed E-state index contributed by atoms with van der Waals surface area (Å²) >= 11 is 14.2. The second-order valence-electron chi connectivity index (χ2n) is 13.6. The Balaban J connectivity index is 1.13. The van der Waals surface area contributed by atoms with Crippen LogP contribution in [0.15, 0.2) is 60.7 Å². The number of aliphatic carboxylic acids is 1. The Hall–Kier alpha value is -4.06. The quantitative estimate of drug-likeness (QED) is 0.191. The van der Waals surface area contributed by atoms with E-state index in [1.807, 2.05) is 60.7 Å². The average molecular weight is 718 g/mol. The van der Waals surface area contributed by atoms with Crippen molar-refractivity contribution in [2.75, 3.05) is 33.9 Å². The van der Waals surface area contributed by atoms with Gasteiger partial charge in [-0.3, -0.25) is 19.4 Å². The third kappa shape index (κ3) is 6.58. The van der Waals surface area contributed by atoms with E-state index in [0.29, 0.717) is 69.5 Å². The lowest BCUT2D eigenvalue weighted by Crippen LogP contribution is -2.54. The van der Waals surface area contributed by atoms with Crippen molar-refractivity contribution < 1.29 is 29.3 Å². The summed E-state index contributed by atoms with van der Waals surface area (Å²) in [7, 11) is 3.13. The summed E-state index contributed by atoms with van der Waals surface area (Å²) in [5.74, 6) is 0.291. The van der Waals surface area contributed by atoms with Crippen LogP contribution in [-0.4, -0.2) is 87.7 Å². The van der Waals surface area contributed by atoms with E-state index in [2.05, 4.69) is 4.90 Å². The molecule has 12 heteroatoms. The zero-order chi connectivity index (χ0) is 35.2.